The lowest BCUT2D eigenvalue weighted by Gasteiger charge is -2.16. The van der Waals surface area contributed by atoms with Crippen LogP contribution >= 0.6 is 0 Å². The number of ether oxygens (including phenoxy) is 2. The van der Waals surface area contributed by atoms with Gasteiger partial charge in [-0.15, -0.1) is 0 Å². The average Bonchev–Trinajstić information content (AvgIpc) is 3.06. The predicted octanol–water partition coefficient (Wildman–Crippen LogP) is 2.25. The van der Waals surface area contributed by atoms with Gasteiger partial charge in [0.1, 0.15) is 11.5 Å². The number of carbonyl (C=O) groups is 2. The van der Waals surface area contributed by atoms with E-state index in [9.17, 15) is 14.7 Å². The summed E-state index contributed by atoms with van der Waals surface area (Å²) >= 11 is 0. The maximum atomic E-state index is 12.1. The van der Waals surface area contributed by atoms with Gasteiger partial charge in [-0.05, 0) is 42.3 Å². The Balaban J connectivity index is 1.64. The number of nitrogens with one attached hydrogen (secondary N) is 1. The van der Waals surface area contributed by atoms with E-state index < -0.39 is 17.9 Å². The molecule has 0 aliphatic carbocycles. The molecule has 1 aliphatic heterocycles. The van der Waals surface area contributed by atoms with Crippen molar-refractivity contribution in [2.75, 3.05) is 13.2 Å². The third-order valence-electron chi connectivity index (χ3n) is 3.99. The van der Waals surface area contributed by atoms with Crippen LogP contribution in [0.3, 0.4) is 0 Å². The first-order chi connectivity index (χ1) is 12.0. The maximum Gasteiger partial charge on any atom is 0.330 e. The second-order valence-electron chi connectivity index (χ2n) is 5.91. The Labute approximate surface area is 145 Å². The normalized spacial score (nSPS) is 13.5. The van der Waals surface area contributed by atoms with E-state index in [0.717, 1.165) is 23.3 Å². The number of hydrogen-bond donors (Lipinski definition) is 2. The predicted molar refractivity (Wildman–Crippen MR) is 90.8 cm³/mol. The lowest BCUT2D eigenvalue weighted by molar-refractivity contribution is -0.142. The molecule has 1 heterocycles. The third kappa shape index (κ3) is 4.09. The minimum Gasteiger partial charge on any atom is -0.493 e. The van der Waals surface area contributed by atoms with Gasteiger partial charge in [-0.2, -0.15) is 0 Å². The molecule has 3 rings (SSSR count). The molecular formula is C19H19NO5. The zero-order valence-electron chi connectivity index (χ0n) is 13.8. The molecule has 130 valence electrons. The van der Waals surface area contributed by atoms with Gasteiger partial charge >= 0.3 is 5.97 Å². The Kier molecular flexibility index (Phi) is 4.88. The number of amides is 1. The zero-order valence-corrected chi connectivity index (χ0v) is 13.8. The highest BCUT2D eigenvalue weighted by Crippen LogP contribution is 2.28. The van der Waals surface area contributed by atoms with Gasteiger partial charge in [0.25, 0.3) is 5.91 Å². The van der Waals surface area contributed by atoms with Crippen molar-refractivity contribution >= 4 is 11.9 Å². The largest absolute Gasteiger partial charge is 0.493 e. The highest BCUT2D eigenvalue weighted by molar-refractivity contribution is 5.85. The summed E-state index contributed by atoms with van der Waals surface area (Å²) in [6.45, 7) is 2.30. The van der Waals surface area contributed by atoms with Crippen molar-refractivity contribution in [1.82, 2.24) is 5.32 Å². The zero-order chi connectivity index (χ0) is 17.8. The van der Waals surface area contributed by atoms with Gasteiger partial charge in [0.05, 0.1) is 6.61 Å². The van der Waals surface area contributed by atoms with Crippen LogP contribution in [0.4, 0.5) is 0 Å². The van der Waals surface area contributed by atoms with Crippen LogP contribution in [0.15, 0.2) is 42.5 Å². The molecule has 0 radical (unpaired) electrons. The van der Waals surface area contributed by atoms with Crippen LogP contribution in [0.5, 0.6) is 11.5 Å². The van der Waals surface area contributed by atoms with Crippen LogP contribution in [0.2, 0.25) is 0 Å². The molecule has 0 fully saturated rings. The van der Waals surface area contributed by atoms with Crippen molar-refractivity contribution in [2.45, 2.75) is 19.4 Å². The minimum absolute atomic E-state index is 0.249. The summed E-state index contributed by atoms with van der Waals surface area (Å²) in [4.78, 5) is 23.6. The smallest absolute Gasteiger partial charge is 0.330 e. The number of rotatable bonds is 6. The van der Waals surface area contributed by atoms with Gasteiger partial charge in [-0.25, -0.2) is 4.79 Å². The standard InChI is InChI=1S/C19H19NO5/c1-12-2-5-15(6-3-12)25-11-17(21)20-18(19(22)23)14-4-7-16-13(10-14)8-9-24-16/h2-7,10,18H,8-9,11H2,1H3,(H,20,21)(H,22,23). The average molecular weight is 341 g/mol. The molecule has 6 heteroatoms. The van der Waals surface area contributed by atoms with Gasteiger partial charge in [-0.1, -0.05) is 23.8 Å². The molecule has 2 N–H and O–H groups in total. The summed E-state index contributed by atoms with van der Waals surface area (Å²) in [5, 5.41) is 12.0. The monoisotopic (exact) mass is 341 g/mol. The van der Waals surface area contributed by atoms with E-state index in [2.05, 4.69) is 5.32 Å². The Morgan fingerprint density at radius 1 is 1.24 bits per heavy atom. The first kappa shape index (κ1) is 16.8. The lowest BCUT2D eigenvalue weighted by atomic mass is 10.0. The number of carboxylic acids is 1. The molecule has 0 saturated heterocycles. The van der Waals surface area contributed by atoms with Gasteiger partial charge in [-0.3, -0.25) is 4.79 Å². The number of carbonyl (C=O) groups excluding carboxylic acids is 1. The van der Waals surface area contributed by atoms with Gasteiger partial charge in [0.2, 0.25) is 0 Å². The fourth-order valence-electron chi connectivity index (χ4n) is 2.66. The van der Waals surface area contributed by atoms with Crippen molar-refractivity contribution in [3.05, 3.63) is 59.2 Å². The number of fused-ring (bicyclic) bond motifs is 1. The van der Waals surface area contributed by atoms with E-state index >= 15 is 0 Å². The van der Waals surface area contributed by atoms with Crippen LogP contribution in [0.25, 0.3) is 0 Å². The van der Waals surface area contributed by atoms with E-state index in [1.54, 1.807) is 30.3 Å². The second kappa shape index (κ2) is 7.25. The van der Waals surface area contributed by atoms with Crippen molar-refractivity contribution in [1.29, 1.82) is 0 Å². The van der Waals surface area contributed by atoms with Crippen molar-refractivity contribution in [2.24, 2.45) is 0 Å². The van der Waals surface area contributed by atoms with Crippen molar-refractivity contribution in [3.63, 3.8) is 0 Å². The summed E-state index contributed by atoms with van der Waals surface area (Å²) in [7, 11) is 0. The van der Waals surface area contributed by atoms with Crippen LogP contribution in [-0.4, -0.2) is 30.2 Å². The summed E-state index contributed by atoms with van der Waals surface area (Å²) < 4.78 is 10.8. The molecule has 0 aromatic heterocycles. The molecule has 0 saturated carbocycles. The SMILES string of the molecule is Cc1ccc(OCC(=O)NC(C(=O)O)c2ccc3c(c2)CCO3)cc1. The molecule has 2 aromatic rings. The van der Waals surface area contributed by atoms with Crippen molar-refractivity contribution in [3.8, 4) is 11.5 Å². The van der Waals surface area contributed by atoms with Gasteiger partial charge in [0.15, 0.2) is 12.6 Å². The molecule has 1 unspecified atom stereocenters. The molecule has 0 bridgehead atoms. The molecule has 6 nitrogen and oxygen atoms in total. The van der Waals surface area contributed by atoms with Crippen LogP contribution in [-0.2, 0) is 16.0 Å². The number of benzene rings is 2. The fraction of sp³-hybridized carbons (Fsp3) is 0.263. The number of carboxylic acid groups (broad SMARTS) is 1. The maximum absolute atomic E-state index is 12.1. The van der Waals surface area contributed by atoms with Crippen molar-refractivity contribution < 1.29 is 24.2 Å². The van der Waals surface area contributed by atoms with Crippen LogP contribution in [0.1, 0.15) is 22.7 Å². The van der Waals surface area contributed by atoms with Gasteiger partial charge in [0, 0.05) is 6.42 Å². The van der Waals surface area contributed by atoms with Crippen LogP contribution < -0.4 is 14.8 Å². The summed E-state index contributed by atoms with van der Waals surface area (Å²) in [5.74, 6) is -0.295. The molecule has 0 spiro atoms. The Hall–Kier alpha value is -3.02. The Bertz CT molecular complexity index is 785. The number of aliphatic carboxylic acids is 1. The van der Waals surface area contributed by atoms with Gasteiger partial charge < -0.3 is 19.9 Å². The lowest BCUT2D eigenvalue weighted by Crippen LogP contribution is -2.36. The highest BCUT2D eigenvalue weighted by atomic mass is 16.5. The van der Waals surface area contributed by atoms with E-state index in [1.807, 2.05) is 19.1 Å². The first-order valence-corrected chi connectivity index (χ1v) is 8.00. The van der Waals surface area contributed by atoms with E-state index in [1.165, 1.54) is 0 Å². The molecule has 2 aromatic carbocycles. The quantitative estimate of drug-likeness (QED) is 0.842. The van der Waals surface area contributed by atoms with E-state index in [4.69, 9.17) is 9.47 Å². The summed E-state index contributed by atoms with van der Waals surface area (Å²) in [5.41, 5.74) is 2.55. The third-order valence-corrected chi connectivity index (χ3v) is 3.99. The minimum atomic E-state index is -1.12. The number of hydrogen-bond acceptors (Lipinski definition) is 4. The fourth-order valence-corrected chi connectivity index (χ4v) is 2.66. The van der Waals surface area contributed by atoms with Crippen LogP contribution in [0, 0.1) is 6.92 Å². The highest BCUT2D eigenvalue weighted by Gasteiger charge is 2.24. The van der Waals surface area contributed by atoms with E-state index in [-0.39, 0.29) is 6.61 Å². The molecule has 1 aliphatic rings. The van der Waals surface area contributed by atoms with E-state index in [0.29, 0.717) is 17.9 Å². The summed E-state index contributed by atoms with van der Waals surface area (Å²) in [6, 6.07) is 11.3. The number of aryl methyl sites for hydroxylation is 1. The molecule has 25 heavy (non-hydrogen) atoms. The second-order valence-corrected chi connectivity index (χ2v) is 5.91. The first-order valence-electron chi connectivity index (χ1n) is 8.00. The molecule has 1 amide bonds. The molecule has 1 atom stereocenters. The summed E-state index contributed by atoms with van der Waals surface area (Å²) in [6.07, 6.45) is 0.736. The topological polar surface area (TPSA) is 84.9 Å². The Morgan fingerprint density at radius 2 is 2.00 bits per heavy atom. The molecular weight excluding hydrogens is 322 g/mol. The Morgan fingerprint density at radius 3 is 2.72 bits per heavy atom.